The maximum absolute atomic E-state index is 14.1. The van der Waals surface area contributed by atoms with Gasteiger partial charge in [-0.25, -0.2) is 4.39 Å². The Morgan fingerprint density at radius 1 is 1.18 bits per heavy atom. The third kappa shape index (κ3) is 6.32. The topological polar surface area (TPSA) is 67.9 Å². The smallest absolute Gasteiger partial charge is 0.260 e. The molecular weight excluding hydrogens is 423 g/mol. The Morgan fingerprint density at radius 3 is 2.67 bits per heavy atom. The first kappa shape index (κ1) is 24.7. The highest BCUT2D eigenvalue weighted by Crippen LogP contribution is 2.38. The Hall–Kier alpha value is -2.93. The molecule has 0 unspecified atom stereocenters. The molecule has 7 heteroatoms. The van der Waals surface area contributed by atoms with Crippen LogP contribution in [0, 0.1) is 11.7 Å². The highest BCUT2D eigenvalue weighted by atomic mass is 19.1. The number of halogens is 1. The van der Waals surface area contributed by atoms with Gasteiger partial charge in [0.1, 0.15) is 11.6 Å². The number of methoxy groups -OCH3 is 1. The van der Waals surface area contributed by atoms with Crippen molar-refractivity contribution in [2.75, 3.05) is 26.8 Å². The molecule has 0 saturated heterocycles. The van der Waals surface area contributed by atoms with E-state index >= 15 is 0 Å². The van der Waals surface area contributed by atoms with E-state index in [2.05, 4.69) is 5.32 Å². The Morgan fingerprint density at radius 2 is 1.97 bits per heavy atom. The molecule has 2 amide bonds. The number of carbonyl (C=O) groups is 2. The zero-order chi connectivity index (χ0) is 24.0. The second kappa shape index (κ2) is 11.3. The van der Waals surface area contributed by atoms with Gasteiger partial charge < -0.3 is 19.7 Å². The van der Waals surface area contributed by atoms with Gasteiger partial charge in [-0.1, -0.05) is 32.0 Å². The molecule has 1 N–H and O–H groups in total. The Balaban J connectivity index is 1.91. The number of rotatable bonds is 9. The molecule has 33 heavy (non-hydrogen) atoms. The van der Waals surface area contributed by atoms with Crippen LogP contribution in [0.2, 0.25) is 0 Å². The Bertz CT molecular complexity index is 979. The standard InChI is InChI=1S/C26H33FN2O4/c1-17(2)14-24(30)29-12-10-19-8-9-22(33-18(3)26(31)28-11-13-32-4)16-23(19)25(29)20-6-5-7-21(27)15-20/h5-9,15-18,25H,10-14H2,1-4H3,(H,28,31)/t18-,25-/m0/s1. The second-order valence-electron chi connectivity index (χ2n) is 8.80. The van der Waals surface area contributed by atoms with E-state index in [1.807, 2.05) is 43.0 Å². The number of nitrogens with zero attached hydrogens (tertiary/aromatic N) is 1. The minimum atomic E-state index is -0.699. The number of fused-ring (bicyclic) bond motifs is 1. The van der Waals surface area contributed by atoms with Gasteiger partial charge in [0.25, 0.3) is 5.91 Å². The largest absolute Gasteiger partial charge is 0.481 e. The molecule has 0 saturated carbocycles. The second-order valence-corrected chi connectivity index (χ2v) is 8.80. The summed E-state index contributed by atoms with van der Waals surface area (Å²) in [6.07, 6.45) is 0.434. The van der Waals surface area contributed by atoms with Crippen molar-refractivity contribution >= 4 is 11.8 Å². The van der Waals surface area contributed by atoms with Gasteiger partial charge in [-0.05, 0) is 60.2 Å². The van der Waals surface area contributed by atoms with Crippen LogP contribution in [-0.2, 0) is 20.7 Å². The monoisotopic (exact) mass is 456 g/mol. The molecule has 0 aliphatic carbocycles. The normalized spacial score (nSPS) is 16.3. The summed E-state index contributed by atoms with van der Waals surface area (Å²) in [6.45, 7) is 7.10. The molecule has 2 aromatic rings. The van der Waals surface area contributed by atoms with Gasteiger partial charge in [0.15, 0.2) is 6.10 Å². The first-order chi connectivity index (χ1) is 15.8. The molecule has 0 aromatic heterocycles. The zero-order valence-electron chi connectivity index (χ0n) is 19.8. The van der Waals surface area contributed by atoms with E-state index in [-0.39, 0.29) is 23.5 Å². The molecule has 0 spiro atoms. The van der Waals surface area contributed by atoms with Crippen molar-refractivity contribution in [3.05, 3.63) is 65.0 Å². The van der Waals surface area contributed by atoms with E-state index in [0.717, 1.165) is 16.7 Å². The molecular formula is C26H33FN2O4. The summed E-state index contributed by atoms with van der Waals surface area (Å²) in [6, 6.07) is 11.7. The third-order valence-electron chi connectivity index (χ3n) is 5.70. The van der Waals surface area contributed by atoms with Crippen molar-refractivity contribution in [3.63, 3.8) is 0 Å². The Kier molecular flexibility index (Phi) is 8.44. The number of ether oxygens (including phenoxy) is 2. The molecule has 1 aliphatic rings. The van der Waals surface area contributed by atoms with Crippen LogP contribution >= 0.6 is 0 Å². The van der Waals surface area contributed by atoms with Crippen molar-refractivity contribution in [2.24, 2.45) is 5.92 Å². The van der Waals surface area contributed by atoms with Crippen LogP contribution in [0.1, 0.15) is 49.9 Å². The van der Waals surface area contributed by atoms with E-state index < -0.39 is 12.1 Å². The maximum atomic E-state index is 14.1. The third-order valence-corrected chi connectivity index (χ3v) is 5.70. The lowest BCUT2D eigenvalue weighted by Crippen LogP contribution is -2.41. The fourth-order valence-corrected chi connectivity index (χ4v) is 4.12. The van der Waals surface area contributed by atoms with Crippen LogP contribution in [0.15, 0.2) is 42.5 Å². The van der Waals surface area contributed by atoms with Crippen LogP contribution in [0.25, 0.3) is 0 Å². The molecule has 3 rings (SSSR count). The molecule has 6 nitrogen and oxygen atoms in total. The summed E-state index contributed by atoms with van der Waals surface area (Å²) >= 11 is 0. The lowest BCUT2D eigenvalue weighted by atomic mass is 9.87. The average molecular weight is 457 g/mol. The predicted molar refractivity (Wildman–Crippen MR) is 125 cm³/mol. The number of hydrogen-bond donors (Lipinski definition) is 1. The molecule has 2 atom stereocenters. The van der Waals surface area contributed by atoms with Crippen molar-refractivity contribution in [1.29, 1.82) is 0 Å². The summed E-state index contributed by atoms with van der Waals surface area (Å²) in [5.41, 5.74) is 2.70. The maximum Gasteiger partial charge on any atom is 0.260 e. The van der Waals surface area contributed by atoms with Crippen molar-refractivity contribution < 1.29 is 23.5 Å². The number of carbonyl (C=O) groups excluding carboxylic acids is 2. The van der Waals surface area contributed by atoms with E-state index in [4.69, 9.17) is 9.47 Å². The molecule has 1 aliphatic heterocycles. The van der Waals surface area contributed by atoms with Gasteiger partial charge in [-0.15, -0.1) is 0 Å². The minimum absolute atomic E-state index is 0.0436. The fraction of sp³-hybridized carbons (Fsp3) is 0.462. The number of hydrogen-bond acceptors (Lipinski definition) is 4. The molecule has 178 valence electrons. The van der Waals surface area contributed by atoms with Crippen molar-refractivity contribution in [3.8, 4) is 5.75 Å². The molecule has 0 fully saturated rings. The predicted octanol–water partition coefficient (Wildman–Crippen LogP) is 3.88. The highest BCUT2D eigenvalue weighted by molar-refractivity contribution is 5.80. The van der Waals surface area contributed by atoms with Gasteiger partial charge in [-0.3, -0.25) is 9.59 Å². The first-order valence-corrected chi connectivity index (χ1v) is 11.4. The highest BCUT2D eigenvalue weighted by Gasteiger charge is 2.33. The van der Waals surface area contributed by atoms with Crippen LogP contribution in [0.5, 0.6) is 5.75 Å². The number of nitrogens with one attached hydrogen (secondary N) is 1. The van der Waals surface area contributed by atoms with Crippen LogP contribution < -0.4 is 10.1 Å². The van der Waals surface area contributed by atoms with E-state index in [1.54, 1.807) is 20.1 Å². The summed E-state index contributed by atoms with van der Waals surface area (Å²) in [5, 5.41) is 2.76. The van der Waals surface area contributed by atoms with E-state index in [1.165, 1.54) is 12.1 Å². The number of benzene rings is 2. The van der Waals surface area contributed by atoms with Gasteiger partial charge >= 0.3 is 0 Å². The van der Waals surface area contributed by atoms with E-state index in [0.29, 0.717) is 38.3 Å². The Labute approximate surface area is 195 Å². The van der Waals surface area contributed by atoms with Gasteiger partial charge in [0.2, 0.25) is 5.91 Å². The minimum Gasteiger partial charge on any atom is -0.481 e. The lowest BCUT2D eigenvalue weighted by molar-refractivity contribution is -0.134. The summed E-state index contributed by atoms with van der Waals surface area (Å²) in [5.74, 6) is 0.217. The SMILES string of the molecule is COCCNC(=O)[C@H](C)Oc1ccc2c(c1)[C@H](c1cccc(F)c1)N(C(=O)CC(C)C)CC2. The summed E-state index contributed by atoms with van der Waals surface area (Å²) < 4.78 is 25.0. The van der Waals surface area contributed by atoms with Crippen molar-refractivity contribution in [1.82, 2.24) is 10.2 Å². The van der Waals surface area contributed by atoms with E-state index in [9.17, 15) is 14.0 Å². The summed E-state index contributed by atoms with van der Waals surface area (Å²) in [4.78, 5) is 27.2. The van der Waals surface area contributed by atoms with Gasteiger partial charge in [0, 0.05) is 26.6 Å². The molecule has 2 aromatic carbocycles. The molecule has 1 heterocycles. The quantitative estimate of drug-likeness (QED) is 0.582. The number of amides is 2. The van der Waals surface area contributed by atoms with Gasteiger partial charge in [-0.2, -0.15) is 0 Å². The first-order valence-electron chi connectivity index (χ1n) is 11.4. The fourth-order valence-electron chi connectivity index (χ4n) is 4.12. The van der Waals surface area contributed by atoms with Crippen molar-refractivity contribution in [2.45, 2.75) is 45.8 Å². The summed E-state index contributed by atoms with van der Waals surface area (Å²) in [7, 11) is 1.57. The van der Waals surface area contributed by atoms with Crippen LogP contribution in [-0.4, -0.2) is 49.6 Å². The van der Waals surface area contributed by atoms with Crippen LogP contribution in [0.3, 0.4) is 0 Å². The zero-order valence-corrected chi connectivity index (χ0v) is 19.8. The average Bonchev–Trinajstić information content (AvgIpc) is 2.77. The lowest BCUT2D eigenvalue weighted by Gasteiger charge is -2.38. The molecule has 0 bridgehead atoms. The molecule has 0 radical (unpaired) electrons. The van der Waals surface area contributed by atoms with Gasteiger partial charge in [0.05, 0.1) is 12.6 Å². The van der Waals surface area contributed by atoms with Crippen LogP contribution in [0.4, 0.5) is 4.39 Å².